The van der Waals surface area contributed by atoms with E-state index < -0.39 is 11.7 Å². The van der Waals surface area contributed by atoms with Gasteiger partial charge in [-0.3, -0.25) is 0 Å². The van der Waals surface area contributed by atoms with E-state index in [1.807, 2.05) is 58.0 Å². The lowest BCUT2D eigenvalue weighted by atomic mass is 9.91. The Hall–Kier alpha value is -1.66. The summed E-state index contributed by atoms with van der Waals surface area (Å²) in [5.74, 6) is 0. The number of rotatable bonds is 4. The predicted molar refractivity (Wildman–Crippen MR) is 110 cm³/mol. The molecule has 0 aliphatic rings. The van der Waals surface area contributed by atoms with Crippen LogP contribution in [-0.2, 0) is 4.74 Å². The minimum atomic E-state index is -0.451. The zero-order chi connectivity index (χ0) is 19.1. The summed E-state index contributed by atoms with van der Waals surface area (Å²) in [5, 5.41) is 11.3. The minimum Gasteiger partial charge on any atom is -0.393 e. The van der Waals surface area contributed by atoms with Gasteiger partial charge in [0, 0.05) is 10.6 Å². The van der Waals surface area contributed by atoms with Crippen molar-refractivity contribution in [3.8, 4) is 11.1 Å². The van der Waals surface area contributed by atoms with Gasteiger partial charge in [0.25, 0.3) is 0 Å². The summed E-state index contributed by atoms with van der Waals surface area (Å²) >= 11 is 7.52. The van der Waals surface area contributed by atoms with E-state index in [-0.39, 0.29) is 6.61 Å². The molecule has 0 saturated carbocycles. The van der Waals surface area contributed by atoms with Crippen molar-refractivity contribution in [1.82, 2.24) is 4.98 Å². The van der Waals surface area contributed by atoms with Crippen LogP contribution in [0.25, 0.3) is 21.3 Å². The fraction of sp³-hybridized carbons (Fsp3) is 0.350. The van der Waals surface area contributed by atoms with Crippen LogP contribution >= 0.6 is 22.9 Å². The summed E-state index contributed by atoms with van der Waals surface area (Å²) in [6.07, 6.45) is -0.451. The third-order valence-electron chi connectivity index (χ3n) is 4.06. The number of hydrogen-bond acceptors (Lipinski definition) is 5. The number of aryl methyl sites for hydroxylation is 1. The molecule has 3 N–H and O–H groups in total. The van der Waals surface area contributed by atoms with Gasteiger partial charge in [-0.25, -0.2) is 4.98 Å². The first kappa shape index (κ1) is 19.1. The summed E-state index contributed by atoms with van der Waals surface area (Å²) in [5.41, 5.74) is 10.4. The number of nitrogens with zero attached hydrogens (tertiary/aromatic N) is 1. The molecule has 6 heteroatoms. The van der Waals surface area contributed by atoms with E-state index in [0.717, 1.165) is 32.5 Å². The Bertz CT molecular complexity index is 930. The molecule has 0 fully saturated rings. The molecule has 1 heterocycles. The van der Waals surface area contributed by atoms with Crippen LogP contribution in [0.15, 0.2) is 30.3 Å². The highest BCUT2D eigenvalue weighted by Gasteiger charge is 2.26. The summed E-state index contributed by atoms with van der Waals surface area (Å²) in [6, 6.07) is 9.67. The number of aromatic nitrogens is 1. The van der Waals surface area contributed by atoms with Gasteiger partial charge >= 0.3 is 0 Å². The standard InChI is InChI=1S/C20H23ClN2O2S/c1-11-9-14-18(26-19(22)23-14)17(12-5-7-13(21)8-6-12)16(11)15(10-24)25-20(2,3)4/h5-9,15,24H,10H2,1-4H3,(H2,22,23). The van der Waals surface area contributed by atoms with Gasteiger partial charge < -0.3 is 15.6 Å². The number of ether oxygens (including phenoxy) is 1. The molecule has 2 aromatic carbocycles. The number of hydrogen-bond donors (Lipinski definition) is 2. The number of halogens is 1. The van der Waals surface area contributed by atoms with Gasteiger partial charge in [-0.05, 0) is 62.6 Å². The largest absolute Gasteiger partial charge is 0.393 e. The van der Waals surface area contributed by atoms with Gasteiger partial charge in [0.2, 0.25) is 0 Å². The van der Waals surface area contributed by atoms with Crippen LogP contribution in [0.5, 0.6) is 0 Å². The van der Waals surface area contributed by atoms with Gasteiger partial charge in [-0.1, -0.05) is 35.1 Å². The SMILES string of the molecule is Cc1cc2nc(N)sc2c(-c2ccc(Cl)cc2)c1C(CO)OC(C)(C)C. The molecule has 0 radical (unpaired) electrons. The Kier molecular flexibility index (Phi) is 5.26. The minimum absolute atomic E-state index is 0.113. The molecule has 3 aromatic rings. The van der Waals surface area contributed by atoms with Crippen molar-refractivity contribution in [2.45, 2.75) is 39.4 Å². The number of benzene rings is 2. The van der Waals surface area contributed by atoms with Crippen LogP contribution in [0, 0.1) is 6.92 Å². The molecule has 0 aliphatic heterocycles. The second-order valence-electron chi connectivity index (χ2n) is 7.29. The number of fused-ring (bicyclic) bond motifs is 1. The maximum Gasteiger partial charge on any atom is 0.181 e. The van der Waals surface area contributed by atoms with Crippen LogP contribution < -0.4 is 5.73 Å². The van der Waals surface area contributed by atoms with E-state index in [2.05, 4.69) is 4.98 Å². The van der Waals surface area contributed by atoms with Crippen molar-refractivity contribution in [1.29, 1.82) is 0 Å². The molecule has 1 unspecified atom stereocenters. The molecule has 0 saturated heterocycles. The molecule has 26 heavy (non-hydrogen) atoms. The van der Waals surface area contributed by atoms with Gasteiger partial charge in [0.1, 0.15) is 6.10 Å². The molecular weight excluding hydrogens is 368 g/mol. The van der Waals surface area contributed by atoms with E-state index in [1.165, 1.54) is 11.3 Å². The molecule has 0 amide bonds. The molecule has 1 atom stereocenters. The average molecular weight is 391 g/mol. The third kappa shape index (κ3) is 3.86. The fourth-order valence-corrected chi connectivity index (χ4v) is 4.18. The molecule has 138 valence electrons. The first-order chi connectivity index (χ1) is 12.2. The number of nitrogen functional groups attached to an aromatic ring is 1. The Morgan fingerprint density at radius 1 is 1.27 bits per heavy atom. The first-order valence-corrected chi connectivity index (χ1v) is 9.63. The third-order valence-corrected chi connectivity index (χ3v) is 5.23. The Morgan fingerprint density at radius 2 is 1.92 bits per heavy atom. The lowest BCUT2D eigenvalue weighted by molar-refractivity contribution is -0.0821. The van der Waals surface area contributed by atoms with Gasteiger partial charge in [-0.15, -0.1) is 0 Å². The zero-order valence-corrected chi connectivity index (χ0v) is 16.9. The first-order valence-electron chi connectivity index (χ1n) is 8.43. The predicted octanol–water partition coefficient (Wildman–Crippen LogP) is 5.36. The quantitative estimate of drug-likeness (QED) is 0.629. The van der Waals surface area contributed by atoms with E-state index in [9.17, 15) is 5.11 Å². The molecule has 0 aliphatic carbocycles. The smallest absolute Gasteiger partial charge is 0.181 e. The number of aliphatic hydroxyl groups is 1. The molecule has 4 nitrogen and oxygen atoms in total. The van der Waals surface area contributed by atoms with Crippen LogP contribution in [-0.4, -0.2) is 22.3 Å². The van der Waals surface area contributed by atoms with Crippen molar-refractivity contribution in [3.63, 3.8) is 0 Å². The second kappa shape index (κ2) is 7.16. The monoisotopic (exact) mass is 390 g/mol. The van der Waals surface area contributed by atoms with Gasteiger partial charge in [0.15, 0.2) is 5.13 Å². The van der Waals surface area contributed by atoms with Crippen LogP contribution in [0.4, 0.5) is 5.13 Å². The van der Waals surface area contributed by atoms with Crippen molar-refractivity contribution in [3.05, 3.63) is 46.5 Å². The van der Waals surface area contributed by atoms with Crippen molar-refractivity contribution in [2.75, 3.05) is 12.3 Å². The Labute approximate surface area is 162 Å². The number of aliphatic hydroxyl groups excluding tert-OH is 1. The highest BCUT2D eigenvalue weighted by molar-refractivity contribution is 7.22. The second-order valence-corrected chi connectivity index (χ2v) is 8.76. The maximum atomic E-state index is 10.1. The van der Waals surface area contributed by atoms with Crippen molar-refractivity contribution >= 4 is 38.3 Å². The summed E-state index contributed by atoms with van der Waals surface area (Å²) in [6.45, 7) is 7.85. The summed E-state index contributed by atoms with van der Waals surface area (Å²) in [7, 11) is 0. The molecule has 3 rings (SSSR count). The van der Waals surface area contributed by atoms with E-state index in [1.54, 1.807) is 0 Å². The fourth-order valence-electron chi connectivity index (χ4n) is 3.16. The number of nitrogens with two attached hydrogens (primary N) is 1. The van der Waals surface area contributed by atoms with E-state index >= 15 is 0 Å². The van der Waals surface area contributed by atoms with Gasteiger partial charge in [-0.2, -0.15) is 0 Å². The normalized spacial score (nSPS) is 13.3. The average Bonchev–Trinajstić information content (AvgIpc) is 2.91. The topological polar surface area (TPSA) is 68.4 Å². The van der Waals surface area contributed by atoms with Crippen LogP contribution in [0.3, 0.4) is 0 Å². The van der Waals surface area contributed by atoms with Crippen molar-refractivity contribution < 1.29 is 9.84 Å². The maximum absolute atomic E-state index is 10.1. The summed E-state index contributed by atoms with van der Waals surface area (Å²) < 4.78 is 7.16. The zero-order valence-electron chi connectivity index (χ0n) is 15.3. The molecular formula is C20H23ClN2O2S. The number of thiazole rings is 1. The highest BCUT2D eigenvalue weighted by atomic mass is 35.5. The van der Waals surface area contributed by atoms with Crippen molar-refractivity contribution in [2.24, 2.45) is 0 Å². The lowest BCUT2D eigenvalue weighted by Crippen LogP contribution is -2.25. The number of anilines is 1. The molecule has 1 aromatic heterocycles. The van der Waals surface area contributed by atoms with E-state index in [0.29, 0.717) is 10.2 Å². The van der Waals surface area contributed by atoms with E-state index in [4.69, 9.17) is 22.1 Å². The Morgan fingerprint density at radius 3 is 2.50 bits per heavy atom. The van der Waals surface area contributed by atoms with Gasteiger partial charge in [0.05, 0.1) is 22.4 Å². The Balaban J connectivity index is 2.31. The lowest BCUT2D eigenvalue weighted by Gasteiger charge is -2.29. The molecule has 0 bridgehead atoms. The van der Waals surface area contributed by atoms with Crippen LogP contribution in [0.2, 0.25) is 5.02 Å². The highest BCUT2D eigenvalue weighted by Crippen LogP contribution is 2.42. The molecule has 0 spiro atoms. The van der Waals surface area contributed by atoms with Crippen LogP contribution in [0.1, 0.15) is 38.0 Å². The summed E-state index contributed by atoms with van der Waals surface area (Å²) in [4.78, 5) is 4.45.